The van der Waals surface area contributed by atoms with E-state index in [1.165, 1.54) is 0 Å². The van der Waals surface area contributed by atoms with Gasteiger partial charge in [0.1, 0.15) is 5.84 Å². The van der Waals surface area contributed by atoms with E-state index in [2.05, 4.69) is 10.5 Å². The van der Waals surface area contributed by atoms with Gasteiger partial charge in [0.05, 0.1) is 0 Å². The van der Waals surface area contributed by atoms with E-state index in [0.717, 1.165) is 13.0 Å². The summed E-state index contributed by atoms with van der Waals surface area (Å²) in [5, 5.41) is 23.9. The van der Waals surface area contributed by atoms with Gasteiger partial charge in [-0.2, -0.15) is 0 Å². The number of nitrogens with zero attached hydrogens (tertiary/aromatic N) is 1. The second-order valence-corrected chi connectivity index (χ2v) is 5.40. The smallest absolute Gasteiger partial charge is 0.144 e. The minimum absolute atomic E-state index is 0.0874. The molecule has 0 aliphatic heterocycles. The van der Waals surface area contributed by atoms with Gasteiger partial charge in [-0.3, -0.25) is 0 Å². The summed E-state index contributed by atoms with van der Waals surface area (Å²) < 4.78 is 0. The molecule has 5 heteroatoms. The Morgan fingerprint density at radius 3 is 2.25 bits per heavy atom. The molecule has 0 rings (SSSR count). The molecule has 0 aromatic carbocycles. The average Bonchev–Trinajstić information content (AvgIpc) is 2.15. The Kier molecular flexibility index (Phi) is 5.75. The summed E-state index contributed by atoms with van der Waals surface area (Å²) in [6.07, 6.45) is 1.48. The van der Waals surface area contributed by atoms with Crippen molar-refractivity contribution in [3.8, 4) is 0 Å². The molecule has 0 atom stereocenters. The van der Waals surface area contributed by atoms with E-state index in [9.17, 15) is 0 Å². The number of rotatable bonds is 7. The number of amidine groups is 1. The molecule has 0 heterocycles. The predicted molar refractivity (Wildman–Crippen MR) is 65.6 cm³/mol. The minimum Gasteiger partial charge on any atom is -0.409 e. The molecule has 0 spiro atoms. The molecule has 16 heavy (non-hydrogen) atoms. The van der Waals surface area contributed by atoms with Crippen LogP contribution in [0.2, 0.25) is 0 Å². The lowest BCUT2D eigenvalue weighted by atomic mass is 9.87. The molecule has 0 amide bonds. The van der Waals surface area contributed by atoms with Crippen LogP contribution in [0.5, 0.6) is 0 Å². The topological polar surface area (TPSA) is 90.9 Å². The molecule has 0 aromatic rings. The summed E-state index contributed by atoms with van der Waals surface area (Å²) in [4.78, 5) is 0. The molecule has 0 bridgehead atoms. The first-order valence-electron chi connectivity index (χ1n) is 5.59. The zero-order chi connectivity index (χ0) is 12.8. The zero-order valence-electron chi connectivity index (χ0n) is 10.7. The van der Waals surface area contributed by atoms with Gasteiger partial charge >= 0.3 is 0 Å². The van der Waals surface area contributed by atoms with Crippen molar-refractivity contribution in [1.29, 1.82) is 0 Å². The van der Waals surface area contributed by atoms with Gasteiger partial charge in [0, 0.05) is 17.6 Å². The van der Waals surface area contributed by atoms with E-state index in [-0.39, 0.29) is 23.4 Å². The van der Waals surface area contributed by atoms with Crippen molar-refractivity contribution in [1.82, 2.24) is 5.32 Å². The number of hydrogen-bond donors (Lipinski definition) is 4. The fourth-order valence-corrected chi connectivity index (χ4v) is 1.34. The normalized spacial score (nSPS) is 14.2. The summed E-state index contributed by atoms with van der Waals surface area (Å²) in [5.41, 5.74) is 5.18. The molecule has 0 saturated carbocycles. The second-order valence-electron chi connectivity index (χ2n) is 5.40. The molecule has 96 valence electrons. The molecule has 0 saturated heterocycles. The Morgan fingerprint density at radius 2 is 1.81 bits per heavy atom. The summed E-state index contributed by atoms with van der Waals surface area (Å²) in [5.74, 6) is 0.245. The van der Waals surface area contributed by atoms with Gasteiger partial charge in [0.25, 0.3) is 0 Å². The number of aliphatic hydroxyl groups excluding tert-OH is 1. The molecular formula is C11H25N3O2. The summed E-state index contributed by atoms with van der Waals surface area (Å²) >= 11 is 0. The van der Waals surface area contributed by atoms with E-state index >= 15 is 0 Å². The van der Waals surface area contributed by atoms with Crippen molar-refractivity contribution >= 4 is 5.84 Å². The fourth-order valence-electron chi connectivity index (χ4n) is 1.34. The van der Waals surface area contributed by atoms with Crippen molar-refractivity contribution in [3.63, 3.8) is 0 Å². The van der Waals surface area contributed by atoms with Gasteiger partial charge in [0.2, 0.25) is 0 Å². The first-order chi connectivity index (χ1) is 7.25. The highest BCUT2D eigenvalue weighted by atomic mass is 16.4. The SMILES string of the molecule is CC(C)(CCO)NCCC(C)(C)C(N)=NO. The minimum atomic E-state index is -0.322. The number of nitrogens with two attached hydrogens (primary N) is 1. The maximum absolute atomic E-state index is 8.88. The Bertz CT molecular complexity index is 237. The molecule has 0 aliphatic rings. The summed E-state index contributed by atoms with van der Waals surface area (Å²) in [7, 11) is 0. The number of nitrogens with one attached hydrogen (secondary N) is 1. The van der Waals surface area contributed by atoms with Crippen LogP contribution in [0.25, 0.3) is 0 Å². The Hall–Kier alpha value is -0.810. The molecular weight excluding hydrogens is 206 g/mol. The van der Waals surface area contributed by atoms with Gasteiger partial charge in [-0.05, 0) is 33.2 Å². The van der Waals surface area contributed by atoms with E-state index in [1.54, 1.807) is 0 Å². The Balaban J connectivity index is 4.07. The standard InChI is InChI=1S/C11H25N3O2/c1-10(2,9(12)14-16)5-7-13-11(3,4)6-8-15/h13,15-16H,5-8H2,1-4H3,(H2,12,14). The molecule has 0 aromatic heterocycles. The van der Waals surface area contributed by atoms with Gasteiger partial charge in [-0.15, -0.1) is 0 Å². The zero-order valence-corrected chi connectivity index (χ0v) is 10.7. The van der Waals surface area contributed by atoms with Crippen LogP contribution in [0.1, 0.15) is 40.5 Å². The number of aliphatic hydroxyl groups is 1. The Labute approximate surface area is 97.7 Å². The van der Waals surface area contributed by atoms with Crippen LogP contribution in [-0.2, 0) is 0 Å². The number of hydrogen-bond acceptors (Lipinski definition) is 4. The maximum atomic E-state index is 8.88. The van der Waals surface area contributed by atoms with Crippen LogP contribution >= 0.6 is 0 Å². The van der Waals surface area contributed by atoms with Crippen molar-refractivity contribution in [2.75, 3.05) is 13.2 Å². The highest BCUT2D eigenvalue weighted by Crippen LogP contribution is 2.20. The third-order valence-corrected chi connectivity index (χ3v) is 2.89. The van der Waals surface area contributed by atoms with Gasteiger partial charge < -0.3 is 21.4 Å². The van der Waals surface area contributed by atoms with E-state index < -0.39 is 0 Å². The molecule has 0 radical (unpaired) electrons. The number of oxime groups is 1. The first kappa shape index (κ1) is 15.2. The quantitative estimate of drug-likeness (QED) is 0.227. The highest BCUT2D eigenvalue weighted by molar-refractivity contribution is 5.85. The third kappa shape index (κ3) is 5.32. The van der Waals surface area contributed by atoms with E-state index in [4.69, 9.17) is 16.0 Å². The lowest BCUT2D eigenvalue weighted by molar-refractivity contribution is 0.227. The van der Waals surface area contributed by atoms with Crippen LogP contribution < -0.4 is 11.1 Å². The lowest BCUT2D eigenvalue weighted by Crippen LogP contribution is -2.43. The van der Waals surface area contributed by atoms with Crippen LogP contribution in [-0.4, -0.2) is 34.8 Å². The lowest BCUT2D eigenvalue weighted by Gasteiger charge is -2.29. The monoisotopic (exact) mass is 231 g/mol. The maximum Gasteiger partial charge on any atom is 0.144 e. The molecule has 5 N–H and O–H groups in total. The fraction of sp³-hybridized carbons (Fsp3) is 0.909. The summed E-state index contributed by atoms with van der Waals surface area (Å²) in [6.45, 7) is 8.88. The van der Waals surface area contributed by atoms with Crippen LogP contribution in [0.15, 0.2) is 5.16 Å². The summed E-state index contributed by atoms with van der Waals surface area (Å²) in [6, 6.07) is 0. The van der Waals surface area contributed by atoms with E-state index in [1.807, 2.05) is 27.7 Å². The average molecular weight is 231 g/mol. The van der Waals surface area contributed by atoms with Crippen molar-refractivity contribution < 1.29 is 10.3 Å². The van der Waals surface area contributed by atoms with E-state index in [0.29, 0.717) is 6.42 Å². The van der Waals surface area contributed by atoms with Crippen molar-refractivity contribution in [2.24, 2.45) is 16.3 Å². The van der Waals surface area contributed by atoms with Crippen LogP contribution in [0, 0.1) is 5.41 Å². The largest absolute Gasteiger partial charge is 0.409 e. The highest BCUT2D eigenvalue weighted by Gasteiger charge is 2.24. The van der Waals surface area contributed by atoms with Gasteiger partial charge in [0.15, 0.2) is 0 Å². The molecule has 5 nitrogen and oxygen atoms in total. The first-order valence-corrected chi connectivity index (χ1v) is 5.59. The second kappa shape index (κ2) is 6.06. The van der Waals surface area contributed by atoms with Crippen LogP contribution in [0.4, 0.5) is 0 Å². The molecule has 0 fully saturated rings. The van der Waals surface area contributed by atoms with Gasteiger partial charge in [-0.1, -0.05) is 19.0 Å². The third-order valence-electron chi connectivity index (χ3n) is 2.89. The van der Waals surface area contributed by atoms with Gasteiger partial charge in [-0.25, -0.2) is 0 Å². The molecule has 0 unspecified atom stereocenters. The Morgan fingerprint density at radius 1 is 1.25 bits per heavy atom. The predicted octanol–water partition coefficient (Wildman–Crippen LogP) is 0.900. The molecule has 0 aliphatic carbocycles. The van der Waals surface area contributed by atoms with Crippen molar-refractivity contribution in [2.45, 2.75) is 46.1 Å². The van der Waals surface area contributed by atoms with Crippen LogP contribution in [0.3, 0.4) is 0 Å². The van der Waals surface area contributed by atoms with Crippen molar-refractivity contribution in [3.05, 3.63) is 0 Å².